The second-order valence-corrected chi connectivity index (χ2v) is 4.51. The molecule has 0 atom stereocenters. The van der Waals surface area contributed by atoms with Crippen LogP contribution in [-0.2, 0) is 6.42 Å². The molecule has 1 heterocycles. The van der Waals surface area contributed by atoms with Gasteiger partial charge < -0.3 is 10.6 Å². The van der Waals surface area contributed by atoms with E-state index in [9.17, 15) is 0 Å². The van der Waals surface area contributed by atoms with Crippen molar-refractivity contribution in [1.82, 2.24) is 9.97 Å². The van der Waals surface area contributed by atoms with Gasteiger partial charge in [0.2, 0.25) is 5.95 Å². The van der Waals surface area contributed by atoms with Gasteiger partial charge in [-0.15, -0.1) is 0 Å². The highest BCUT2D eigenvalue weighted by atomic mass is 15.2. The van der Waals surface area contributed by atoms with Gasteiger partial charge in [-0.1, -0.05) is 17.7 Å². The zero-order valence-electron chi connectivity index (χ0n) is 11.5. The van der Waals surface area contributed by atoms with Gasteiger partial charge in [-0.25, -0.2) is 9.97 Å². The number of hydrogen-bond acceptors (Lipinski definition) is 4. The van der Waals surface area contributed by atoms with Crippen molar-refractivity contribution in [3.63, 3.8) is 0 Å². The van der Waals surface area contributed by atoms with Crippen molar-refractivity contribution in [2.24, 2.45) is 5.73 Å². The summed E-state index contributed by atoms with van der Waals surface area (Å²) in [5, 5.41) is 0. The lowest BCUT2D eigenvalue weighted by Crippen LogP contribution is -2.19. The molecule has 0 amide bonds. The van der Waals surface area contributed by atoms with Crippen molar-refractivity contribution >= 4 is 11.6 Å². The van der Waals surface area contributed by atoms with Crippen molar-refractivity contribution < 1.29 is 0 Å². The van der Waals surface area contributed by atoms with Crippen LogP contribution in [0.5, 0.6) is 0 Å². The summed E-state index contributed by atoms with van der Waals surface area (Å²) in [5.74, 6) is 0.729. The summed E-state index contributed by atoms with van der Waals surface area (Å²) < 4.78 is 0. The number of aromatic nitrogens is 2. The third-order valence-corrected chi connectivity index (χ3v) is 3.03. The molecule has 0 fully saturated rings. The first kappa shape index (κ1) is 13.5. The second-order valence-electron chi connectivity index (χ2n) is 4.51. The minimum atomic E-state index is 0.623. The van der Waals surface area contributed by atoms with E-state index < -0.39 is 0 Å². The fourth-order valence-corrected chi connectivity index (χ4v) is 1.95. The second kappa shape index (κ2) is 6.29. The van der Waals surface area contributed by atoms with Crippen molar-refractivity contribution in [2.75, 3.05) is 18.0 Å². The van der Waals surface area contributed by atoms with Gasteiger partial charge in [-0.2, -0.15) is 0 Å². The van der Waals surface area contributed by atoms with E-state index in [0.717, 1.165) is 30.2 Å². The molecule has 2 rings (SSSR count). The molecule has 0 aliphatic rings. The highest BCUT2D eigenvalue weighted by molar-refractivity contribution is 5.57. The topological polar surface area (TPSA) is 55.0 Å². The van der Waals surface area contributed by atoms with Gasteiger partial charge >= 0.3 is 0 Å². The Hall–Kier alpha value is -1.94. The Bertz CT molecular complexity index is 505. The normalized spacial score (nSPS) is 10.5. The first-order valence-corrected chi connectivity index (χ1v) is 6.59. The Morgan fingerprint density at radius 1 is 1.11 bits per heavy atom. The van der Waals surface area contributed by atoms with Gasteiger partial charge in [0, 0.05) is 24.6 Å². The fourth-order valence-electron chi connectivity index (χ4n) is 1.95. The standard InChI is InChI=1S/C15H20N4/c1-3-19(14-6-4-12(2)5-7-14)15-17-10-13(8-9-16)11-18-15/h4-7,10-11H,3,8-9,16H2,1-2H3. The zero-order chi connectivity index (χ0) is 13.7. The van der Waals surface area contributed by atoms with E-state index in [2.05, 4.69) is 53.0 Å². The highest BCUT2D eigenvalue weighted by Gasteiger charge is 2.09. The lowest BCUT2D eigenvalue weighted by atomic mass is 10.2. The van der Waals surface area contributed by atoms with Crippen molar-refractivity contribution in [1.29, 1.82) is 0 Å². The van der Waals surface area contributed by atoms with E-state index >= 15 is 0 Å². The maximum Gasteiger partial charge on any atom is 0.229 e. The number of hydrogen-bond donors (Lipinski definition) is 1. The molecule has 100 valence electrons. The first-order valence-electron chi connectivity index (χ1n) is 6.59. The van der Waals surface area contributed by atoms with Crippen LogP contribution in [0.25, 0.3) is 0 Å². The van der Waals surface area contributed by atoms with Crippen LogP contribution in [0.15, 0.2) is 36.7 Å². The molecule has 0 radical (unpaired) electrons. The number of benzene rings is 1. The maximum atomic E-state index is 5.52. The van der Waals surface area contributed by atoms with Crippen LogP contribution in [-0.4, -0.2) is 23.1 Å². The van der Waals surface area contributed by atoms with Crippen molar-refractivity contribution in [3.8, 4) is 0 Å². The third kappa shape index (κ3) is 3.29. The van der Waals surface area contributed by atoms with Crippen LogP contribution in [0.1, 0.15) is 18.1 Å². The SMILES string of the molecule is CCN(c1ccc(C)cc1)c1ncc(CCN)cn1. The third-order valence-electron chi connectivity index (χ3n) is 3.03. The summed E-state index contributed by atoms with van der Waals surface area (Å²) in [6.45, 7) is 5.63. The molecular formula is C15H20N4. The quantitative estimate of drug-likeness (QED) is 0.892. The number of nitrogens with zero attached hydrogens (tertiary/aromatic N) is 3. The first-order chi connectivity index (χ1) is 9.24. The Labute approximate surface area is 114 Å². The van der Waals surface area contributed by atoms with Crippen molar-refractivity contribution in [2.45, 2.75) is 20.3 Å². The predicted molar refractivity (Wildman–Crippen MR) is 78.6 cm³/mol. The summed E-state index contributed by atoms with van der Waals surface area (Å²) in [6.07, 6.45) is 4.52. The van der Waals surface area contributed by atoms with E-state index in [4.69, 9.17) is 5.73 Å². The number of aryl methyl sites for hydroxylation is 1. The lowest BCUT2D eigenvalue weighted by molar-refractivity contribution is 0.907. The molecule has 1 aromatic carbocycles. The Morgan fingerprint density at radius 3 is 2.26 bits per heavy atom. The Balaban J connectivity index is 2.23. The summed E-state index contributed by atoms with van der Waals surface area (Å²) >= 11 is 0. The zero-order valence-corrected chi connectivity index (χ0v) is 11.5. The molecule has 4 heteroatoms. The molecule has 0 bridgehead atoms. The molecule has 4 nitrogen and oxygen atoms in total. The largest absolute Gasteiger partial charge is 0.330 e. The minimum Gasteiger partial charge on any atom is -0.330 e. The van der Waals surface area contributed by atoms with E-state index in [1.807, 2.05) is 12.4 Å². The number of rotatable bonds is 5. The van der Waals surface area contributed by atoms with Crippen molar-refractivity contribution in [3.05, 3.63) is 47.8 Å². The summed E-state index contributed by atoms with van der Waals surface area (Å²) in [7, 11) is 0. The summed E-state index contributed by atoms with van der Waals surface area (Å²) in [6, 6.07) is 8.38. The molecule has 19 heavy (non-hydrogen) atoms. The van der Waals surface area contributed by atoms with Crippen LogP contribution >= 0.6 is 0 Å². The van der Waals surface area contributed by atoms with Crippen LogP contribution in [0.2, 0.25) is 0 Å². The summed E-state index contributed by atoms with van der Waals surface area (Å²) in [5.41, 5.74) is 8.96. The number of anilines is 2. The van der Waals surface area contributed by atoms with Crippen LogP contribution in [0.3, 0.4) is 0 Å². The fraction of sp³-hybridized carbons (Fsp3) is 0.333. The molecule has 0 saturated carbocycles. The minimum absolute atomic E-state index is 0.623. The highest BCUT2D eigenvalue weighted by Crippen LogP contribution is 2.21. The Kier molecular flexibility index (Phi) is 4.47. The van der Waals surface area contributed by atoms with Crippen LogP contribution < -0.4 is 10.6 Å². The monoisotopic (exact) mass is 256 g/mol. The predicted octanol–water partition coefficient (Wildman–Crippen LogP) is 2.44. The van der Waals surface area contributed by atoms with E-state index in [0.29, 0.717) is 6.54 Å². The van der Waals surface area contributed by atoms with Gasteiger partial charge in [0.1, 0.15) is 0 Å². The van der Waals surface area contributed by atoms with E-state index in [1.165, 1.54) is 5.56 Å². The maximum absolute atomic E-state index is 5.52. The molecule has 0 aliphatic heterocycles. The Morgan fingerprint density at radius 2 is 1.74 bits per heavy atom. The van der Waals surface area contributed by atoms with Crippen LogP contribution in [0.4, 0.5) is 11.6 Å². The summed E-state index contributed by atoms with van der Waals surface area (Å²) in [4.78, 5) is 10.9. The van der Waals surface area contributed by atoms with Gasteiger partial charge in [-0.05, 0) is 44.5 Å². The molecule has 2 N–H and O–H groups in total. The molecule has 0 spiro atoms. The van der Waals surface area contributed by atoms with Gasteiger partial charge in [0.15, 0.2) is 0 Å². The van der Waals surface area contributed by atoms with Gasteiger partial charge in [0.25, 0.3) is 0 Å². The smallest absolute Gasteiger partial charge is 0.229 e. The van der Waals surface area contributed by atoms with Crippen LogP contribution in [0, 0.1) is 6.92 Å². The number of nitrogens with two attached hydrogens (primary N) is 1. The molecule has 1 aromatic heterocycles. The van der Waals surface area contributed by atoms with Gasteiger partial charge in [-0.3, -0.25) is 0 Å². The molecule has 0 unspecified atom stereocenters. The van der Waals surface area contributed by atoms with E-state index in [-0.39, 0.29) is 0 Å². The average molecular weight is 256 g/mol. The average Bonchev–Trinajstić information content (AvgIpc) is 2.44. The molecule has 0 saturated heterocycles. The molecular weight excluding hydrogens is 236 g/mol. The molecule has 0 aliphatic carbocycles. The lowest BCUT2D eigenvalue weighted by Gasteiger charge is -2.21. The molecule has 2 aromatic rings. The van der Waals surface area contributed by atoms with E-state index in [1.54, 1.807) is 0 Å². The van der Waals surface area contributed by atoms with Gasteiger partial charge in [0.05, 0.1) is 0 Å².